The van der Waals surface area contributed by atoms with Crippen molar-refractivity contribution in [2.24, 2.45) is 11.1 Å². The number of nitrogens with two attached hydrogens (primary N) is 1. The molecule has 1 amide bonds. The summed E-state index contributed by atoms with van der Waals surface area (Å²) in [5.74, 6) is -0.475. The molecule has 0 spiro atoms. The zero-order valence-electron chi connectivity index (χ0n) is 13.1. The Bertz CT molecular complexity index is 738. The number of aromatic nitrogens is 2. The van der Waals surface area contributed by atoms with E-state index in [4.69, 9.17) is 5.14 Å². The first-order valence-electron chi connectivity index (χ1n) is 7.24. The van der Waals surface area contributed by atoms with Gasteiger partial charge in [-0.2, -0.15) is 0 Å². The van der Waals surface area contributed by atoms with Crippen molar-refractivity contribution < 1.29 is 13.2 Å². The van der Waals surface area contributed by atoms with Crippen LogP contribution in [0.1, 0.15) is 29.5 Å². The summed E-state index contributed by atoms with van der Waals surface area (Å²) in [4.78, 5) is 19.9. The minimum absolute atomic E-state index is 0.191. The van der Waals surface area contributed by atoms with Gasteiger partial charge in [0.25, 0.3) is 5.91 Å². The van der Waals surface area contributed by atoms with Crippen molar-refractivity contribution >= 4 is 15.9 Å². The molecule has 0 fully saturated rings. The molecule has 1 aromatic heterocycles. The second-order valence-corrected chi connectivity index (χ2v) is 7.28. The predicted octanol–water partition coefficient (Wildman–Crippen LogP) is 0.694. The van der Waals surface area contributed by atoms with Gasteiger partial charge in [0.1, 0.15) is 5.69 Å². The van der Waals surface area contributed by atoms with Crippen molar-refractivity contribution in [2.75, 3.05) is 6.54 Å². The van der Waals surface area contributed by atoms with Crippen molar-refractivity contribution in [1.82, 2.24) is 15.3 Å². The van der Waals surface area contributed by atoms with E-state index in [2.05, 4.69) is 15.3 Å². The predicted molar refractivity (Wildman–Crippen MR) is 87.0 cm³/mol. The molecule has 0 aliphatic heterocycles. The van der Waals surface area contributed by atoms with Crippen LogP contribution in [0.2, 0.25) is 0 Å². The number of nitrogens with one attached hydrogen (secondary N) is 1. The monoisotopic (exact) mass is 336 g/mol. The zero-order chi connectivity index (χ0) is 17.0. The number of carbonyl (C=O) groups excluding carboxylic acids is 1. The molecule has 0 saturated heterocycles. The molecule has 8 heteroatoms. The highest BCUT2D eigenvalue weighted by atomic mass is 32.2. The lowest BCUT2D eigenvalue weighted by Crippen LogP contribution is -2.33. The molecular weight excluding hydrogens is 316 g/mol. The fourth-order valence-electron chi connectivity index (χ4n) is 2.38. The lowest BCUT2D eigenvalue weighted by Gasteiger charge is -2.21. The second-order valence-electron chi connectivity index (χ2n) is 5.56. The van der Waals surface area contributed by atoms with Crippen LogP contribution < -0.4 is 10.5 Å². The van der Waals surface area contributed by atoms with Crippen LogP contribution in [-0.2, 0) is 10.0 Å². The SMILES string of the molecule is Cc1cnc(C(=O)NCCC2=CC(C)C(S(N)(=O)=O)C=C2)cn1. The molecule has 7 nitrogen and oxygen atoms in total. The van der Waals surface area contributed by atoms with Crippen LogP contribution in [-0.4, -0.2) is 36.1 Å². The molecule has 0 bridgehead atoms. The minimum atomic E-state index is -3.59. The topological polar surface area (TPSA) is 115 Å². The van der Waals surface area contributed by atoms with Gasteiger partial charge in [-0.15, -0.1) is 0 Å². The lowest BCUT2D eigenvalue weighted by atomic mass is 9.96. The highest BCUT2D eigenvalue weighted by Crippen LogP contribution is 2.22. The highest BCUT2D eigenvalue weighted by Gasteiger charge is 2.26. The molecule has 23 heavy (non-hydrogen) atoms. The number of aryl methyl sites for hydroxylation is 1. The van der Waals surface area contributed by atoms with Gasteiger partial charge in [-0.3, -0.25) is 9.78 Å². The Balaban J connectivity index is 1.87. The van der Waals surface area contributed by atoms with Gasteiger partial charge in [-0.25, -0.2) is 18.5 Å². The van der Waals surface area contributed by atoms with Gasteiger partial charge in [0.2, 0.25) is 10.0 Å². The van der Waals surface area contributed by atoms with Crippen LogP contribution in [0.3, 0.4) is 0 Å². The summed E-state index contributed by atoms with van der Waals surface area (Å²) in [5, 5.41) is 7.25. The van der Waals surface area contributed by atoms with E-state index in [1.807, 2.05) is 6.08 Å². The molecule has 2 unspecified atom stereocenters. The van der Waals surface area contributed by atoms with E-state index >= 15 is 0 Å². The smallest absolute Gasteiger partial charge is 0.271 e. The first kappa shape index (κ1) is 17.3. The van der Waals surface area contributed by atoms with Crippen molar-refractivity contribution in [1.29, 1.82) is 0 Å². The molecular formula is C15H20N4O3S. The van der Waals surface area contributed by atoms with Crippen LogP contribution >= 0.6 is 0 Å². The van der Waals surface area contributed by atoms with Crippen LogP contribution in [0.5, 0.6) is 0 Å². The maximum Gasteiger partial charge on any atom is 0.271 e. The average molecular weight is 336 g/mol. The van der Waals surface area contributed by atoms with Crippen LogP contribution in [0.15, 0.2) is 36.2 Å². The fourth-order valence-corrected chi connectivity index (χ4v) is 3.35. The summed E-state index contributed by atoms with van der Waals surface area (Å²) in [6.07, 6.45) is 8.78. The highest BCUT2D eigenvalue weighted by molar-refractivity contribution is 7.90. The van der Waals surface area contributed by atoms with Crippen LogP contribution in [0.25, 0.3) is 0 Å². The molecule has 124 valence electrons. The Morgan fingerprint density at radius 3 is 2.65 bits per heavy atom. The number of carbonyl (C=O) groups is 1. The number of hydrogen-bond donors (Lipinski definition) is 2. The molecule has 1 aliphatic rings. The number of rotatable bonds is 5. The summed E-state index contributed by atoms with van der Waals surface area (Å²) >= 11 is 0. The Labute approximate surface area is 135 Å². The van der Waals surface area contributed by atoms with Crippen molar-refractivity contribution in [3.63, 3.8) is 0 Å². The van der Waals surface area contributed by atoms with Gasteiger partial charge in [0, 0.05) is 12.7 Å². The Morgan fingerprint density at radius 1 is 1.35 bits per heavy atom. The van der Waals surface area contributed by atoms with Gasteiger partial charge in [0.05, 0.1) is 17.1 Å². The first-order valence-corrected chi connectivity index (χ1v) is 8.85. The standard InChI is InChI=1S/C15H20N4O3S/c1-10-7-12(3-4-14(10)23(16,21)22)5-6-17-15(20)13-9-18-11(2)8-19-13/h3-4,7-10,14H,5-6H2,1-2H3,(H,17,20)(H2,16,21,22). The largest absolute Gasteiger partial charge is 0.350 e. The third-order valence-electron chi connectivity index (χ3n) is 3.59. The average Bonchev–Trinajstić information content (AvgIpc) is 2.46. The Morgan fingerprint density at radius 2 is 2.09 bits per heavy atom. The van der Waals surface area contributed by atoms with E-state index < -0.39 is 15.3 Å². The molecule has 0 saturated carbocycles. The zero-order valence-corrected chi connectivity index (χ0v) is 13.9. The summed E-state index contributed by atoms with van der Waals surface area (Å²) < 4.78 is 22.8. The fraction of sp³-hybridized carbons (Fsp3) is 0.400. The van der Waals surface area contributed by atoms with E-state index in [0.29, 0.717) is 13.0 Å². The van der Waals surface area contributed by atoms with E-state index in [1.54, 1.807) is 26.0 Å². The van der Waals surface area contributed by atoms with Gasteiger partial charge in [0.15, 0.2) is 0 Å². The van der Waals surface area contributed by atoms with Crippen LogP contribution in [0.4, 0.5) is 0 Å². The molecule has 1 heterocycles. The van der Waals surface area contributed by atoms with Crippen molar-refractivity contribution in [3.8, 4) is 0 Å². The molecule has 0 radical (unpaired) electrons. The maximum absolute atomic E-state index is 11.9. The number of allylic oxidation sites excluding steroid dienone is 2. The van der Waals surface area contributed by atoms with Crippen LogP contribution in [0, 0.1) is 12.8 Å². The van der Waals surface area contributed by atoms with E-state index in [0.717, 1.165) is 11.3 Å². The lowest BCUT2D eigenvalue weighted by molar-refractivity contribution is 0.0949. The maximum atomic E-state index is 11.9. The number of amides is 1. The molecule has 2 rings (SSSR count). The van der Waals surface area contributed by atoms with Crippen molar-refractivity contribution in [3.05, 3.63) is 47.6 Å². The summed E-state index contributed by atoms with van der Waals surface area (Å²) in [6.45, 7) is 4.03. The number of primary sulfonamides is 1. The molecule has 1 aromatic rings. The molecule has 3 N–H and O–H groups in total. The van der Waals surface area contributed by atoms with E-state index in [9.17, 15) is 13.2 Å². The Hall–Kier alpha value is -2.06. The summed E-state index contributed by atoms with van der Waals surface area (Å²) in [5.41, 5.74) is 1.98. The van der Waals surface area contributed by atoms with E-state index in [-0.39, 0.29) is 17.5 Å². The minimum Gasteiger partial charge on any atom is -0.350 e. The summed E-state index contributed by atoms with van der Waals surface area (Å²) in [7, 11) is -3.59. The van der Waals surface area contributed by atoms with Gasteiger partial charge < -0.3 is 5.32 Å². The third-order valence-corrected chi connectivity index (χ3v) is 4.93. The molecule has 2 atom stereocenters. The van der Waals surface area contributed by atoms with E-state index in [1.165, 1.54) is 12.4 Å². The molecule has 1 aliphatic carbocycles. The number of sulfonamides is 1. The van der Waals surface area contributed by atoms with Crippen molar-refractivity contribution in [2.45, 2.75) is 25.5 Å². The van der Waals surface area contributed by atoms with Gasteiger partial charge in [-0.1, -0.05) is 30.7 Å². The number of hydrogen-bond acceptors (Lipinski definition) is 5. The number of nitrogens with zero attached hydrogens (tertiary/aromatic N) is 2. The quantitative estimate of drug-likeness (QED) is 0.821. The Kier molecular flexibility index (Phi) is 5.27. The van der Waals surface area contributed by atoms with Gasteiger partial charge in [-0.05, 0) is 19.3 Å². The van der Waals surface area contributed by atoms with Gasteiger partial charge >= 0.3 is 0 Å². The first-order chi connectivity index (χ1) is 10.8. The molecule has 0 aromatic carbocycles. The summed E-state index contributed by atoms with van der Waals surface area (Å²) in [6, 6.07) is 0. The third kappa shape index (κ3) is 4.70. The normalized spacial score (nSPS) is 20.9. The second kappa shape index (κ2) is 7.01.